The van der Waals surface area contributed by atoms with Gasteiger partial charge in [-0.3, -0.25) is 9.78 Å². The van der Waals surface area contributed by atoms with Crippen LogP contribution in [0, 0.1) is 5.92 Å². The molecule has 2 heterocycles. The van der Waals surface area contributed by atoms with Crippen molar-refractivity contribution in [1.29, 1.82) is 0 Å². The van der Waals surface area contributed by atoms with Crippen molar-refractivity contribution in [3.8, 4) is 0 Å². The second kappa shape index (κ2) is 7.06. The fourth-order valence-corrected chi connectivity index (χ4v) is 3.93. The number of aromatic nitrogens is 1. The van der Waals surface area contributed by atoms with Crippen LogP contribution in [0.1, 0.15) is 56.9 Å². The average Bonchev–Trinajstić information content (AvgIpc) is 3.17. The maximum absolute atomic E-state index is 12.5. The van der Waals surface area contributed by atoms with E-state index in [9.17, 15) is 4.79 Å². The first-order valence-electron chi connectivity index (χ1n) is 8.51. The second-order valence-corrected chi connectivity index (χ2v) is 6.63. The van der Waals surface area contributed by atoms with E-state index in [2.05, 4.69) is 22.0 Å². The van der Waals surface area contributed by atoms with Crippen molar-refractivity contribution >= 4 is 5.91 Å². The van der Waals surface area contributed by atoms with Gasteiger partial charge in [0.2, 0.25) is 5.91 Å². The molecule has 0 radical (unpaired) electrons. The van der Waals surface area contributed by atoms with Gasteiger partial charge in [0.15, 0.2) is 0 Å². The first-order chi connectivity index (χ1) is 10.3. The van der Waals surface area contributed by atoms with Crippen LogP contribution in [0.15, 0.2) is 24.5 Å². The van der Waals surface area contributed by atoms with Crippen molar-refractivity contribution in [2.45, 2.75) is 63.8 Å². The molecule has 2 fully saturated rings. The monoisotopic (exact) mass is 286 g/mol. The number of hydrogen-bond donors (Lipinski definition) is 0. The molecule has 21 heavy (non-hydrogen) atoms. The van der Waals surface area contributed by atoms with Crippen molar-refractivity contribution in [2.24, 2.45) is 5.92 Å². The Hall–Kier alpha value is -1.38. The van der Waals surface area contributed by atoms with Crippen LogP contribution >= 0.6 is 0 Å². The zero-order valence-corrected chi connectivity index (χ0v) is 12.8. The minimum atomic E-state index is 0.416. The van der Waals surface area contributed by atoms with Crippen LogP contribution in [0.4, 0.5) is 0 Å². The van der Waals surface area contributed by atoms with Gasteiger partial charge in [-0.2, -0.15) is 0 Å². The fourth-order valence-electron chi connectivity index (χ4n) is 3.93. The number of pyridine rings is 1. The third-order valence-corrected chi connectivity index (χ3v) is 5.15. The highest BCUT2D eigenvalue weighted by Crippen LogP contribution is 2.30. The highest BCUT2D eigenvalue weighted by atomic mass is 16.2. The lowest BCUT2D eigenvalue weighted by Gasteiger charge is -2.26. The van der Waals surface area contributed by atoms with Gasteiger partial charge in [-0.05, 0) is 62.1 Å². The van der Waals surface area contributed by atoms with Crippen LogP contribution in [0.5, 0.6) is 0 Å². The van der Waals surface area contributed by atoms with E-state index in [4.69, 9.17) is 0 Å². The summed E-state index contributed by atoms with van der Waals surface area (Å²) in [6.07, 6.45) is 14.2. The van der Waals surface area contributed by atoms with Crippen LogP contribution in [0.3, 0.4) is 0 Å². The summed E-state index contributed by atoms with van der Waals surface area (Å²) in [6.45, 7) is 0.979. The molecule has 0 bridgehead atoms. The van der Waals surface area contributed by atoms with Gasteiger partial charge < -0.3 is 4.90 Å². The van der Waals surface area contributed by atoms with E-state index in [1.807, 2.05) is 12.4 Å². The topological polar surface area (TPSA) is 33.2 Å². The quantitative estimate of drug-likeness (QED) is 0.829. The number of rotatable bonds is 5. The minimum absolute atomic E-state index is 0.416. The zero-order chi connectivity index (χ0) is 14.5. The van der Waals surface area contributed by atoms with Gasteiger partial charge in [-0.15, -0.1) is 0 Å². The van der Waals surface area contributed by atoms with Crippen molar-refractivity contribution < 1.29 is 4.79 Å². The van der Waals surface area contributed by atoms with Crippen molar-refractivity contribution in [3.63, 3.8) is 0 Å². The molecule has 1 aromatic rings. The summed E-state index contributed by atoms with van der Waals surface area (Å²) in [5.41, 5.74) is 1.33. The Morgan fingerprint density at radius 2 is 1.90 bits per heavy atom. The number of carbonyl (C=O) groups excluding carboxylic acids is 1. The molecule has 3 rings (SSSR count). The molecule has 1 aromatic heterocycles. The molecule has 0 spiro atoms. The number of nitrogens with zero attached hydrogens (tertiary/aromatic N) is 2. The Morgan fingerprint density at radius 1 is 1.14 bits per heavy atom. The summed E-state index contributed by atoms with van der Waals surface area (Å²) in [4.78, 5) is 18.8. The van der Waals surface area contributed by atoms with Gasteiger partial charge in [0.05, 0.1) is 0 Å². The maximum Gasteiger partial charge on any atom is 0.223 e. The van der Waals surface area contributed by atoms with E-state index in [-0.39, 0.29) is 0 Å². The van der Waals surface area contributed by atoms with Crippen molar-refractivity contribution in [3.05, 3.63) is 30.1 Å². The molecule has 2 aliphatic rings. The van der Waals surface area contributed by atoms with E-state index >= 15 is 0 Å². The Labute approximate surface area is 127 Å². The van der Waals surface area contributed by atoms with Crippen LogP contribution in [0.25, 0.3) is 0 Å². The van der Waals surface area contributed by atoms with E-state index in [1.54, 1.807) is 0 Å². The third-order valence-electron chi connectivity index (χ3n) is 5.15. The Balaban J connectivity index is 1.51. The molecule has 0 N–H and O–H groups in total. The van der Waals surface area contributed by atoms with Gasteiger partial charge in [0.1, 0.15) is 0 Å². The minimum Gasteiger partial charge on any atom is -0.340 e. The summed E-state index contributed by atoms with van der Waals surface area (Å²) in [7, 11) is 0. The summed E-state index contributed by atoms with van der Waals surface area (Å²) >= 11 is 0. The highest BCUT2D eigenvalue weighted by molar-refractivity contribution is 5.77. The number of carbonyl (C=O) groups is 1. The lowest BCUT2D eigenvalue weighted by Crippen LogP contribution is -2.36. The second-order valence-electron chi connectivity index (χ2n) is 6.63. The Kier molecular flexibility index (Phi) is 4.89. The zero-order valence-electron chi connectivity index (χ0n) is 12.8. The normalized spacial score (nSPS) is 22.9. The number of likely N-dealkylation sites (tertiary alicyclic amines) is 1. The van der Waals surface area contributed by atoms with Crippen molar-refractivity contribution in [2.75, 3.05) is 6.54 Å². The molecule has 114 valence electrons. The molecule has 1 amide bonds. The Morgan fingerprint density at radius 3 is 2.67 bits per heavy atom. The number of aryl methyl sites for hydroxylation is 1. The molecule has 1 atom stereocenters. The molecule has 1 unspecified atom stereocenters. The lowest BCUT2D eigenvalue weighted by atomic mass is 10.0. The van der Waals surface area contributed by atoms with Crippen molar-refractivity contribution in [1.82, 2.24) is 9.88 Å². The van der Waals surface area contributed by atoms with Crippen LogP contribution in [-0.4, -0.2) is 28.4 Å². The van der Waals surface area contributed by atoms with E-state index < -0.39 is 0 Å². The van der Waals surface area contributed by atoms with E-state index in [0.717, 1.165) is 25.8 Å². The summed E-state index contributed by atoms with van der Waals surface area (Å²) in [6, 6.07) is 4.63. The predicted molar refractivity (Wildman–Crippen MR) is 83.9 cm³/mol. The molecular formula is C18H26N2O. The molecule has 3 heteroatoms. The van der Waals surface area contributed by atoms with Gasteiger partial charge in [-0.25, -0.2) is 0 Å². The molecule has 1 saturated carbocycles. The first-order valence-corrected chi connectivity index (χ1v) is 8.51. The van der Waals surface area contributed by atoms with Gasteiger partial charge in [0, 0.05) is 31.4 Å². The number of hydrogen-bond acceptors (Lipinski definition) is 2. The predicted octanol–water partition coefficient (Wildman–Crippen LogP) is 3.59. The molecule has 0 aromatic carbocycles. The molecule has 3 nitrogen and oxygen atoms in total. The molecule has 1 aliphatic carbocycles. The van der Waals surface area contributed by atoms with E-state index in [0.29, 0.717) is 17.9 Å². The van der Waals surface area contributed by atoms with Gasteiger partial charge in [-0.1, -0.05) is 12.8 Å². The average molecular weight is 286 g/mol. The lowest BCUT2D eigenvalue weighted by molar-refractivity contribution is -0.133. The Bertz CT molecular complexity index is 454. The summed E-state index contributed by atoms with van der Waals surface area (Å²) in [5, 5.41) is 0. The fraction of sp³-hybridized carbons (Fsp3) is 0.667. The van der Waals surface area contributed by atoms with Crippen LogP contribution in [-0.2, 0) is 11.2 Å². The SMILES string of the molecule is O=C(CC1CCCC1)N1CCCC1CCc1ccncc1. The standard InChI is InChI=1S/C18H26N2O/c21-18(14-16-4-1-2-5-16)20-13-3-6-17(20)8-7-15-9-11-19-12-10-15/h9-12,16-17H,1-8,13-14H2. The summed E-state index contributed by atoms with van der Waals surface area (Å²) < 4.78 is 0. The smallest absolute Gasteiger partial charge is 0.223 e. The van der Waals surface area contributed by atoms with Crippen LogP contribution < -0.4 is 0 Å². The maximum atomic E-state index is 12.5. The number of amides is 1. The molecule has 1 saturated heterocycles. The summed E-state index contributed by atoms with van der Waals surface area (Å²) in [5.74, 6) is 1.08. The third kappa shape index (κ3) is 3.84. The molecular weight excluding hydrogens is 260 g/mol. The first kappa shape index (κ1) is 14.6. The van der Waals surface area contributed by atoms with Gasteiger partial charge >= 0.3 is 0 Å². The van der Waals surface area contributed by atoms with Gasteiger partial charge in [0.25, 0.3) is 0 Å². The van der Waals surface area contributed by atoms with Crippen LogP contribution in [0.2, 0.25) is 0 Å². The van der Waals surface area contributed by atoms with E-state index in [1.165, 1.54) is 44.1 Å². The largest absolute Gasteiger partial charge is 0.340 e. The highest BCUT2D eigenvalue weighted by Gasteiger charge is 2.30. The molecule has 1 aliphatic heterocycles.